The molecule has 26 heavy (non-hydrogen) atoms. The monoisotopic (exact) mass is 353 g/mol. The summed E-state index contributed by atoms with van der Waals surface area (Å²) in [5.41, 5.74) is 7.65. The Hall–Kier alpha value is -3.43. The van der Waals surface area contributed by atoms with Crippen molar-refractivity contribution in [3.05, 3.63) is 30.0 Å². The lowest BCUT2D eigenvalue weighted by Gasteiger charge is -2.35. The number of carbonyl (C=O) groups excluding carboxylic acids is 1. The molecule has 2 bridgehead atoms. The highest BCUT2D eigenvalue weighted by Gasteiger charge is 2.44. The Kier molecular flexibility index (Phi) is 3.02. The fourth-order valence-corrected chi connectivity index (χ4v) is 3.85. The molecule has 10 heteroatoms. The van der Waals surface area contributed by atoms with Gasteiger partial charge >= 0.3 is 0 Å². The highest BCUT2D eigenvalue weighted by atomic mass is 16.6. The standard InChI is InChI=1S/C16H15N7O3/c17-14(24)11-5-18-16(19-15(11)25)23-7-9-3-10(23)6-22(9)8-1-2-12-13(4-8)21-26-20-12/h1-2,4-5,9-10H,3,6-7H2,(H2,17,24)(H,18,19,25)/t9-,10-/m0/s1. The lowest BCUT2D eigenvalue weighted by atomic mass is 10.2. The molecule has 10 nitrogen and oxygen atoms in total. The molecule has 2 aliphatic heterocycles. The number of aromatic hydroxyl groups is 1. The van der Waals surface area contributed by atoms with Gasteiger partial charge in [0, 0.05) is 31.0 Å². The average Bonchev–Trinajstić information content (AvgIpc) is 3.35. The first kappa shape index (κ1) is 14.9. The highest BCUT2D eigenvalue weighted by Crippen LogP contribution is 2.37. The number of rotatable bonds is 3. The first-order valence-electron chi connectivity index (χ1n) is 8.21. The van der Waals surface area contributed by atoms with Crippen molar-refractivity contribution in [2.75, 3.05) is 22.9 Å². The maximum absolute atomic E-state index is 11.2. The molecule has 0 unspecified atom stereocenters. The Morgan fingerprint density at radius 2 is 1.96 bits per heavy atom. The summed E-state index contributed by atoms with van der Waals surface area (Å²) in [6, 6.07) is 6.42. The third kappa shape index (κ3) is 2.15. The Morgan fingerprint density at radius 3 is 2.69 bits per heavy atom. The molecule has 0 radical (unpaired) electrons. The molecular formula is C16H15N7O3. The summed E-state index contributed by atoms with van der Waals surface area (Å²) in [5, 5.41) is 17.6. The average molecular weight is 353 g/mol. The topological polar surface area (TPSA) is 134 Å². The summed E-state index contributed by atoms with van der Waals surface area (Å²) < 4.78 is 4.76. The second-order valence-corrected chi connectivity index (χ2v) is 6.56. The van der Waals surface area contributed by atoms with Crippen molar-refractivity contribution < 1.29 is 14.5 Å². The Bertz CT molecular complexity index is 1020. The normalized spacial score (nSPS) is 21.7. The zero-order chi connectivity index (χ0) is 17.8. The van der Waals surface area contributed by atoms with E-state index in [4.69, 9.17) is 10.4 Å². The third-order valence-corrected chi connectivity index (χ3v) is 5.09. The molecule has 3 N–H and O–H groups in total. The summed E-state index contributed by atoms with van der Waals surface area (Å²) in [4.78, 5) is 23.8. The predicted octanol–water partition coefficient (Wildman–Crippen LogP) is 0.285. The van der Waals surface area contributed by atoms with Crippen LogP contribution < -0.4 is 15.5 Å². The van der Waals surface area contributed by atoms with Crippen LogP contribution in [0, 0.1) is 0 Å². The molecule has 2 fully saturated rings. The van der Waals surface area contributed by atoms with Crippen LogP contribution >= 0.6 is 0 Å². The number of piperazine rings is 1. The number of hydrogen-bond donors (Lipinski definition) is 2. The van der Waals surface area contributed by atoms with Crippen LogP contribution in [0.15, 0.2) is 29.0 Å². The van der Waals surface area contributed by atoms with Crippen molar-refractivity contribution in [3.8, 4) is 5.88 Å². The van der Waals surface area contributed by atoms with Gasteiger partial charge < -0.3 is 20.6 Å². The number of amides is 1. The lowest BCUT2D eigenvalue weighted by molar-refractivity contribution is 0.0996. The van der Waals surface area contributed by atoms with Crippen molar-refractivity contribution in [2.45, 2.75) is 18.5 Å². The van der Waals surface area contributed by atoms with E-state index in [1.165, 1.54) is 6.20 Å². The highest BCUT2D eigenvalue weighted by molar-refractivity contribution is 5.94. The van der Waals surface area contributed by atoms with E-state index in [1.807, 2.05) is 18.2 Å². The van der Waals surface area contributed by atoms with E-state index in [9.17, 15) is 9.90 Å². The quantitative estimate of drug-likeness (QED) is 0.681. The second kappa shape index (κ2) is 5.28. The number of aromatic nitrogens is 4. The van der Waals surface area contributed by atoms with E-state index in [1.54, 1.807) is 0 Å². The Morgan fingerprint density at radius 1 is 1.19 bits per heavy atom. The van der Waals surface area contributed by atoms with Crippen molar-refractivity contribution in [1.82, 2.24) is 20.3 Å². The maximum Gasteiger partial charge on any atom is 0.255 e. The van der Waals surface area contributed by atoms with Gasteiger partial charge in [-0.2, -0.15) is 4.98 Å². The van der Waals surface area contributed by atoms with Crippen molar-refractivity contribution in [2.24, 2.45) is 5.73 Å². The number of fused-ring (bicyclic) bond motifs is 3. The molecule has 0 aliphatic carbocycles. The lowest BCUT2D eigenvalue weighted by Crippen LogP contribution is -2.47. The van der Waals surface area contributed by atoms with Gasteiger partial charge in [0.2, 0.25) is 11.8 Å². The van der Waals surface area contributed by atoms with Crippen LogP contribution in [0.5, 0.6) is 5.88 Å². The number of nitrogens with two attached hydrogens (primary N) is 1. The van der Waals surface area contributed by atoms with Crippen LogP contribution in [0.2, 0.25) is 0 Å². The van der Waals surface area contributed by atoms with Crippen LogP contribution in [0.1, 0.15) is 16.8 Å². The molecule has 0 spiro atoms. The fraction of sp³-hybridized carbons (Fsp3) is 0.312. The van der Waals surface area contributed by atoms with Crippen LogP contribution in [0.3, 0.4) is 0 Å². The summed E-state index contributed by atoms with van der Waals surface area (Å²) in [6.07, 6.45) is 2.24. The minimum atomic E-state index is -0.749. The number of nitrogens with zero attached hydrogens (tertiary/aromatic N) is 6. The van der Waals surface area contributed by atoms with Gasteiger partial charge in [0.1, 0.15) is 16.6 Å². The minimum absolute atomic E-state index is 0.0748. The maximum atomic E-state index is 11.2. The van der Waals surface area contributed by atoms with Gasteiger partial charge in [-0.1, -0.05) is 0 Å². The van der Waals surface area contributed by atoms with Gasteiger partial charge in [-0.25, -0.2) is 9.61 Å². The van der Waals surface area contributed by atoms with Crippen LogP contribution in [0.4, 0.5) is 11.6 Å². The van der Waals surface area contributed by atoms with Crippen LogP contribution in [-0.4, -0.2) is 56.5 Å². The summed E-state index contributed by atoms with van der Waals surface area (Å²) in [5.74, 6) is -0.720. The van der Waals surface area contributed by atoms with Crippen molar-refractivity contribution >= 4 is 28.6 Å². The summed E-state index contributed by atoms with van der Waals surface area (Å²) in [6.45, 7) is 1.54. The van der Waals surface area contributed by atoms with Crippen LogP contribution in [0.25, 0.3) is 11.0 Å². The zero-order valence-electron chi connectivity index (χ0n) is 13.6. The van der Waals surface area contributed by atoms with E-state index in [2.05, 4.69) is 30.1 Å². The SMILES string of the molecule is NC(=O)c1cnc(N2C[C@@H]3C[C@H]2CN3c2ccc3nonc3c2)nc1O. The molecular weight excluding hydrogens is 338 g/mol. The number of benzene rings is 1. The van der Waals surface area contributed by atoms with E-state index >= 15 is 0 Å². The van der Waals surface area contributed by atoms with Crippen LogP contribution in [-0.2, 0) is 0 Å². The van der Waals surface area contributed by atoms with Gasteiger partial charge in [-0.15, -0.1) is 0 Å². The first-order chi connectivity index (χ1) is 12.6. The molecule has 2 aliphatic rings. The number of primary amides is 1. The molecule has 4 heterocycles. The van der Waals surface area contributed by atoms with Gasteiger partial charge in [-0.05, 0) is 34.9 Å². The zero-order valence-corrected chi connectivity index (χ0v) is 13.6. The molecule has 0 saturated carbocycles. The van der Waals surface area contributed by atoms with Gasteiger partial charge in [0.25, 0.3) is 5.91 Å². The number of hydrogen-bond acceptors (Lipinski definition) is 9. The number of carbonyl (C=O) groups is 1. The molecule has 2 saturated heterocycles. The molecule has 132 valence electrons. The van der Waals surface area contributed by atoms with E-state index in [0.717, 1.165) is 36.2 Å². The number of anilines is 2. The molecule has 2 aromatic heterocycles. The van der Waals surface area contributed by atoms with E-state index in [-0.39, 0.29) is 17.5 Å². The Balaban J connectivity index is 1.38. The fourth-order valence-electron chi connectivity index (χ4n) is 3.85. The first-order valence-corrected chi connectivity index (χ1v) is 8.21. The summed E-state index contributed by atoms with van der Waals surface area (Å²) >= 11 is 0. The van der Waals surface area contributed by atoms with Gasteiger partial charge in [-0.3, -0.25) is 4.79 Å². The molecule has 1 aromatic carbocycles. The smallest absolute Gasteiger partial charge is 0.255 e. The minimum Gasteiger partial charge on any atom is -0.493 e. The molecule has 5 rings (SSSR count). The Labute approximate surface area is 147 Å². The van der Waals surface area contributed by atoms with Gasteiger partial charge in [0.05, 0.1) is 6.04 Å². The second-order valence-electron chi connectivity index (χ2n) is 6.56. The molecule has 2 atom stereocenters. The molecule has 1 amide bonds. The summed E-state index contributed by atoms with van der Waals surface area (Å²) in [7, 11) is 0. The van der Waals surface area contributed by atoms with Crippen molar-refractivity contribution in [1.29, 1.82) is 0 Å². The largest absolute Gasteiger partial charge is 0.493 e. The van der Waals surface area contributed by atoms with Crippen molar-refractivity contribution in [3.63, 3.8) is 0 Å². The van der Waals surface area contributed by atoms with E-state index in [0.29, 0.717) is 12.0 Å². The van der Waals surface area contributed by atoms with Gasteiger partial charge in [0.15, 0.2) is 0 Å². The molecule has 3 aromatic rings. The van der Waals surface area contributed by atoms with E-state index < -0.39 is 5.91 Å². The predicted molar refractivity (Wildman–Crippen MR) is 90.9 cm³/mol. The third-order valence-electron chi connectivity index (χ3n) is 5.09.